The van der Waals surface area contributed by atoms with Crippen LogP contribution in [0, 0.1) is 6.92 Å². The van der Waals surface area contributed by atoms with Crippen LogP contribution in [-0.4, -0.2) is 35.3 Å². The Balaban J connectivity index is 1.50. The monoisotopic (exact) mass is 471 g/mol. The average Bonchev–Trinajstić information content (AvgIpc) is 3.29. The summed E-state index contributed by atoms with van der Waals surface area (Å²) < 4.78 is 40.3. The average molecular weight is 472 g/mol. The maximum atomic E-state index is 12.6. The van der Waals surface area contributed by atoms with Crippen molar-refractivity contribution >= 4 is 27.3 Å². The number of aryl methyl sites for hydroxylation is 1. The zero-order chi connectivity index (χ0) is 22.7. The maximum absolute atomic E-state index is 12.6. The predicted octanol–water partition coefficient (Wildman–Crippen LogP) is 4.23. The van der Waals surface area contributed by atoms with Crippen LogP contribution in [0.4, 0.5) is 5.69 Å². The minimum atomic E-state index is -3.83. The van der Waals surface area contributed by atoms with Crippen LogP contribution < -0.4 is 14.2 Å². The zero-order valence-electron chi connectivity index (χ0n) is 17.1. The molecule has 11 heteroatoms. The third kappa shape index (κ3) is 4.82. The first-order valence-corrected chi connectivity index (χ1v) is 11.2. The van der Waals surface area contributed by atoms with E-state index >= 15 is 0 Å². The van der Waals surface area contributed by atoms with Crippen LogP contribution in [0.3, 0.4) is 0 Å². The number of hydrogen-bond acceptors (Lipinski definition) is 7. The van der Waals surface area contributed by atoms with Crippen molar-refractivity contribution in [1.82, 2.24) is 19.7 Å². The van der Waals surface area contributed by atoms with Crippen molar-refractivity contribution in [3.8, 4) is 23.2 Å². The van der Waals surface area contributed by atoms with Crippen LogP contribution in [0.15, 0.2) is 71.9 Å². The largest absolute Gasteiger partial charge is 0.495 e. The molecule has 2 aromatic heterocycles. The van der Waals surface area contributed by atoms with Gasteiger partial charge in [0.15, 0.2) is 5.82 Å². The van der Waals surface area contributed by atoms with Crippen molar-refractivity contribution in [3.63, 3.8) is 0 Å². The quantitative estimate of drug-likeness (QED) is 0.429. The molecule has 9 nitrogen and oxygen atoms in total. The van der Waals surface area contributed by atoms with Gasteiger partial charge in [-0.1, -0.05) is 11.6 Å². The highest BCUT2D eigenvalue weighted by Crippen LogP contribution is 2.28. The molecule has 4 aromatic rings. The molecule has 2 aromatic carbocycles. The fraction of sp³-hybridized carbons (Fsp3) is 0.0952. The van der Waals surface area contributed by atoms with Crippen molar-refractivity contribution in [2.45, 2.75) is 11.8 Å². The van der Waals surface area contributed by atoms with Gasteiger partial charge in [0, 0.05) is 24.1 Å². The highest BCUT2D eigenvalue weighted by atomic mass is 35.5. The molecular weight excluding hydrogens is 454 g/mol. The summed E-state index contributed by atoms with van der Waals surface area (Å²) in [7, 11) is -2.37. The number of hydrogen-bond donors (Lipinski definition) is 1. The number of aromatic nitrogens is 4. The first kappa shape index (κ1) is 21.6. The molecule has 0 unspecified atom stereocenters. The lowest BCUT2D eigenvalue weighted by atomic mass is 10.3. The van der Waals surface area contributed by atoms with Gasteiger partial charge in [-0.05, 0) is 55.5 Å². The van der Waals surface area contributed by atoms with Gasteiger partial charge in [-0.3, -0.25) is 4.72 Å². The summed E-state index contributed by atoms with van der Waals surface area (Å²) in [5.74, 6) is 2.30. The Morgan fingerprint density at radius 1 is 1.06 bits per heavy atom. The number of anilines is 1. The van der Waals surface area contributed by atoms with E-state index in [1.165, 1.54) is 25.3 Å². The molecule has 2 heterocycles. The fourth-order valence-corrected chi connectivity index (χ4v) is 4.25. The van der Waals surface area contributed by atoms with E-state index in [0.717, 1.165) is 0 Å². The Morgan fingerprint density at radius 3 is 2.50 bits per heavy atom. The Bertz CT molecular complexity index is 1340. The molecule has 0 fully saturated rings. The van der Waals surface area contributed by atoms with E-state index in [-0.39, 0.29) is 9.92 Å². The first-order valence-electron chi connectivity index (χ1n) is 9.34. The van der Waals surface area contributed by atoms with Crippen LogP contribution in [-0.2, 0) is 10.0 Å². The van der Waals surface area contributed by atoms with E-state index in [1.807, 2.05) is 0 Å². The van der Waals surface area contributed by atoms with Crippen molar-refractivity contribution in [2.24, 2.45) is 0 Å². The second-order valence-electron chi connectivity index (χ2n) is 6.59. The third-order valence-corrected chi connectivity index (χ3v) is 5.98. The summed E-state index contributed by atoms with van der Waals surface area (Å²) in [5.41, 5.74) is 0.361. The van der Waals surface area contributed by atoms with E-state index in [1.54, 1.807) is 60.4 Å². The second-order valence-corrected chi connectivity index (χ2v) is 8.68. The number of nitrogens with one attached hydrogen (secondary N) is 1. The predicted molar refractivity (Wildman–Crippen MR) is 119 cm³/mol. The van der Waals surface area contributed by atoms with Gasteiger partial charge in [-0.15, -0.1) is 0 Å². The highest BCUT2D eigenvalue weighted by Gasteiger charge is 2.16. The van der Waals surface area contributed by atoms with Crippen LogP contribution in [0.1, 0.15) is 5.82 Å². The number of halogens is 1. The molecule has 0 saturated heterocycles. The fourth-order valence-electron chi connectivity index (χ4n) is 2.84. The van der Waals surface area contributed by atoms with Gasteiger partial charge >= 0.3 is 0 Å². The molecule has 0 bridgehead atoms. The topological polar surface area (TPSA) is 108 Å². The lowest BCUT2D eigenvalue weighted by Crippen LogP contribution is -2.12. The molecule has 0 radical (unpaired) electrons. The summed E-state index contributed by atoms with van der Waals surface area (Å²) in [5, 5.41) is 4.35. The number of sulfonamides is 1. The highest BCUT2D eigenvalue weighted by molar-refractivity contribution is 7.92. The first-order chi connectivity index (χ1) is 15.3. The van der Waals surface area contributed by atoms with Gasteiger partial charge in [0.1, 0.15) is 17.3 Å². The van der Waals surface area contributed by atoms with E-state index in [4.69, 9.17) is 21.1 Å². The van der Waals surface area contributed by atoms with Crippen LogP contribution in [0.2, 0.25) is 5.02 Å². The number of benzene rings is 2. The van der Waals surface area contributed by atoms with Crippen molar-refractivity contribution in [2.75, 3.05) is 11.8 Å². The van der Waals surface area contributed by atoms with Crippen LogP contribution in [0.25, 0.3) is 5.82 Å². The van der Waals surface area contributed by atoms with Gasteiger partial charge in [0.25, 0.3) is 10.0 Å². The second kappa shape index (κ2) is 8.85. The minimum absolute atomic E-state index is 0.0197. The molecule has 0 atom stereocenters. The summed E-state index contributed by atoms with van der Waals surface area (Å²) in [6.45, 7) is 1.75. The standard InChI is InChI=1S/C21H18ClN5O4S/c1-14-24-20(27-11-3-10-23-27)13-21(25-14)31-16-6-4-15(5-7-16)26-32(28,29)17-8-9-19(30-2)18(22)12-17/h3-13,26H,1-2H3. The Labute approximate surface area is 189 Å². The van der Waals surface area contributed by atoms with Gasteiger partial charge in [-0.2, -0.15) is 10.1 Å². The Hall–Kier alpha value is -3.63. The van der Waals surface area contributed by atoms with Crippen LogP contribution in [0.5, 0.6) is 17.4 Å². The van der Waals surface area contributed by atoms with Gasteiger partial charge in [-0.25, -0.2) is 18.1 Å². The van der Waals surface area contributed by atoms with E-state index in [0.29, 0.717) is 34.7 Å². The van der Waals surface area contributed by atoms with E-state index in [9.17, 15) is 8.42 Å². The van der Waals surface area contributed by atoms with Crippen LogP contribution >= 0.6 is 11.6 Å². The molecule has 0 amide bonds. The molecular formula is C21H18ClN5O4S. The molecule has 1 N–H and O–H groups in total. The molecule has 0 aliphatic carbocycles. The van der Waals surface area contributed by atoms with Gasteiger partial charge < -0.3 is 9.47 Å². The molecule has 0 aliphatic heterocycles. The van der Waals surface area contributed by atoms with Crippen molar-refractivity contribution < 1.29 is 17.9 Å². The van der Waals surface area contributed by atoms with Gasteiger partial charge in [0.2, 0.25) is 5.88 Å². The molecule has 164 valence electrons. The van der Waals surface area contributed by atoms with Crippen molar-refractivity contribution in [1.29, 1.82) is 0 Å². The summed E-state index contributed by atoms with van der Waals surface area (Å²) in [6, 6.07) is 14.1. The number of nitrogens with zero attached hydrogens (tertiary/aromatic N) is 4. The van der Waals surface area contributed by atoms with Gasteiger partial charge in [0.05, 0.1) is 17.0 Å². The summed E-state index contributed by atoms with van der Waals surface area (Å²) in [4.78, 5) is 8.63. The molecule has 32 heavy (non-hydrogen) atoms. The van der Waals surface area contributed by atoms with E-state index in [2.05, 4.69) is 19.8 Å². The Morgan fingerprint density at radius 2 is 1.84 bits per heavy atom. The lowest BCUT2D eigenvalue weighted by Gasteiger charge is -2.11. The molecule has 0 saturated carbocycles. The number of rotatable bonds is 7. The smallest absolute Gasteiger partial charge is 0.261 e. The van der Waals surface area contributed by atoms with E-state index < -0.39 is 10.0 Å². The maximum Gasteiger partial charge on any atom is 0.261 e. The third-order valence-electron chi connectivity index (χ3n) is 4.30. The lowest BCUT2D eigenvalue weighted by molar-refractivity contribution is 0.414. The SMILES string of the molecule is COc1ccc(S(=O)(=O)Nc2ccc(Oc3cc(-n4cccn4)nc(C)n3)cc2)cc1Cl. The minimum Gasteiger partial charge on any atom is -0.495 e. The number of ether oxygens (including phenoxy) is 2. The molecule has 0 spiro atoms. The summed E-state index contributed by atoms with van der Waals surface area (Å²) in [6.07, 6.45) is 3.42. The van der Waals surface area contributed by atoms with Crippen molar-refractivity contribution in [3.05, 3.63) is 77.8 Å². The summed E-state index contributed by atoms with van der Waals surface area (Å²) >= 11 is 6.04. The molecule has 4 rings (SSSR count). The zero-order valence-corrected chi connectivity index (χ0v) is 18.6. The molecule has 0 aliphatic rings. The Kier molecular flexibility index (Phi) is 5.97. The number of methoxy groups -OCH3 is 1. The normalized spacial score (nSPS) is 11.2.